The largest absolute Gasteiger partial charge is 0.495 e. The third-order valence-corrected chi connectivity index (χ3v) is 4.98. The van der Waals surface area contributed by atoms with Crippen molar-refractivity contribution in [2.24, 2.45) is 0 Å². The number of methoxy groups -OCH3 is 1. The van der Waals surface area contributed by atoms with Crippen molar-refractivity contribution in [3.63, 3.8) is 0 Å². The Morgan fingerprint density at radius 2 is 1.95 bits per heavy atom. The van der Waals surface area contributed by atoms with E-state index < -0.39 is 0 Å². The molecular formula is C18H16N2OS. The minimum Gasteiger partial charge on any atom is -0.495 e. The van der Waals surface area contributed by atoms with E-state index in [1.807, 2.05) is 12.1 Å². The van der Waals surface area contributed by atoms with Crippen LogP contribution in [0.15, 0.2) is 48.7 Å². The highest BCUT2D eigenvalue weighted by atomic mass is 32.1. The molecule has 2 aromatic carbocycles. The van der Waals surface area contributed by atoms with E-state index in [2.05, 4.69) is 47.9 Å². The van der Waals surface area contributed by atoms with Crippen LogP contribution in [0, 0.1) is 0 Å². The van der Waals surface area contributed by atoms with Crippen LogP contribution in [0.3, 0.4) is 0 Å². The molecule has 2 heterocycles. The first-order valence-corrected chi connectivity index (χ1v) is 8.15. The van der Waals surface area contributed by atoms with Crippen LogP contribution in [0.2, 0.25) is 0 Å². The molecule has 0 spiro atoms. The van der Waals surface area contributed by atoms with Gasteiger partial charge in [0.1, 0.15) is 11.3 Å². The summed E-state index contributed by atoms with van der Waals surface area (Å²) in [5.41, 5.74) is 4.59. The maximum atomic E-state index is 5.50. The lowest BCUT2D eigenvalue weighted by Crippen LogP contribution is -1.86. The lowest BCUT2D eigenvalue weighted by Gasteiger charge is -2.01. The van der Waals surface area contributed by atoms with Crippen LogP contribution in [0.5, 0.6) is 5.75 Å². The number of hydrogen-bond donors (Lipinski definition) is 0. The summed E-state index contributed by atoms with van der Waals surface area (Å²) in [5, 5.41) is 0. The van der Waals surface area contributed by atoms with E-state index in [0.717, 1.165) is 33.9 Å². The first kappa shape index (κ1) is 13.3. The number of imidazole rings is 1. The number of ether oxygens (including phenoxy) is 1. The van der Waals surface area contributed by atoms with Gasteiger partial charge in [-0.2, -0.15) is 0 Å². The molecule has 22 heavy (non-hydrogen) atoms. The highest BCUT2D eigenvalue weighted by molar-refractivity contribution is 7.23. The second-order valence-electron chi connectivity index (χ2n) is 5.24. The van der Waals surface area contributed by atoms with Gasteiger partial charge < -0.3 is 4.74 Å². The highest BCUT2D eigenvalue weighted by Gasteiger charge is 2.13. The molecule has 0 fully saturated rings. The predicted molar refractivity (Wildman–Crippen MR) is 91.9 cm³/mol. The monoisotopic (exact) mass is 308 g/mol. The second kappa shape index (κ2) is 5.14. The molecule has 2 aromatic heterocycles. The summed E-state index contributed by atoms with van der Waals surface area (Å²) in [6.45, 7) is 2.17. The van der Waals surface area contributed by atoms with Gasteiger partial charge in [0.05, 0.1) is 17.5 Å². The van der Waals surface area contributed by atoms with Crippen molar-refractivity contribution in [3.8, 4) is 17.0 Å². The van der Waals surface area contributed by atoms with Gasteiger partial charge in [-0.1, -0.05) is 48.6 Å². The lowest BCUT2D eigenvalue weighted by molar-refractivity contribution is 0.418. The van der Waals surface area contributed by atoms with E-state index in [9.17, 15) is 0 Å². The summed E-state index contributed by atoms with van der Waals surface area (Å²) in [6.07, 6.45) is 3.15. The van der Waals surface area contributed by atoms with Gasteiger partial charge in [0.15, 0.2) is 4.96 Å². The topological polar surface area (TPSA) is 26.5 Å². The smallest absolute Gasteiger partial charge is 0.195 e. The molecule has 0 bridgehead atoms. The Kier molecular flexibility index (Phi) is 3.12. The molecule has 0 aliphatic heterocycles. The molecule has 0 N–H and O–H groups in total. The highest BCUT2D eigenvalue weighted by Crippen LogP contribution is 2.34. The Labute approximate surface area is 132 Å². The van der Waals surface area contributed by atoms with Gasteiger partial charge >= 0.3 is 0 Å². The van der Waals surface area contributed by atoms with Crippen LogP contribution < -0.4 is 4.74 Å². The zero-order chi connectivity index (χ0) is 15.1. The summed E-state index contributed by atoms with van der Waals surface area (Å²) < 4.78 is 8.81. The molecule has 0 atom stereocenters. The van der Waals surface area contributed by atoms with E-state index in [-0.39, 0.29) is 0 Å². The van der Waals surface area contributed by atoms with Crippen LogP contribution in [0.25, 0.3) is 26.4 Å². The Morgan fingerprint density at radius 3 is 2.68 bits per heavy atom. The molecule has 4 aromatic rings. The van der Waals surface area contributed by atoms with Gasteiger partial charge in [-0.15, -0.1) is 0 Å². The molecule has 0 radical (unpaired) electrons. The van der Waals surface area contributed by atoms with Crippen molar-refractivity contribution < 1.29 is 4.74 Å². The minimum atomic E-state index is 0.883. The van der Waals surface area contributed by atoms with E-state index in [1.54, 1.807) is 18.4 Å². The first-order valence-electron chi connectivity index (χ1n) is 7.34. The molecule has 0 saturated heterocycles. The number of para-hydroxylation sites is 1. The van der Waals surface area contributed by atoms with Crippen molar-refractivity contribution in [2.45, 2.75) is 13.3 Å². The fourth-order valence-electron chi connectivity index (χ4n) is 2.73. The van der Waals surface area contributed by atoms with E-state index in [0.29, 0.717) is 0 Å². The van der Waals surface area contributed by atoms with Crippen LogP contribution >= 0.6 is 11.3 Å². The number of aryl methyl sites for hydroxylation is 1. The van der Waals surface area contributed by atoms with Crippen molar-refractivity contribution >= 4 is 26.5 Å². The summed E-state index contributed by atoms with van der Waals surface area (Å²) in [5.74, 6) is 0.883. The number of nitrogens with zero attached hydrogens (tertiary/aromatic N) is 2. The molecule has 0 unspecified atom stereocenters. The predicted octanol–water partition coefficient (Wildman–Crippen LogP) is 4.79. The Balaban J connectivity index is 1.90. The van der Waals surface area contributed by atoms with E-state index in [1.165, 1.54) is 10.3 Å². The molecular weight excluding hydrogens is 292 g/mol. The van der Waals surface area contributed by atoms with Gasteiger partial charge in [-0.25, -0.2) is 4.98 Å². The zero-order valence-corrected chi connectivity index (χ0v) is 13.4. The molecule has 3 nitrogen and oxygen atoms in total. The maximum Gasteiger partial charge on any atom is 0.195 e. The summed E-state index contributed by atoms with van der Waals surface area (Å²) in [4.78, 5) is 5.77. The minimum absolute atomic E-state index is 0.883. The molecule has 0 amide bonds. The molecule has 4 heteroatoms. The van der Waals surface area contributed by atoms with E-state index >= 15 is 0 Å². The number of benzene rings is 2. The number of rotatable bonds is 3. The van der Waals surface area contributed by atoms with Crippen molar-refractivity contribution in [1.82, 2.24) is 9.38 Å². The van der Waals surface area contributed by atoms with Gasteiger partial charge in [0, 0.05) is 11.8 Å². The fraction of sp³-hybridized carbons (Fsp3) is 0.167. The molecule has 110 valence electrons. The average molecular weight is 308 g/mol. The number of fused-ring (bicyclic) bond motifs is 3. The Bertz CT molecular complexity index is 950. The van der Waals surface area contributed by atoms with Crippen molar-refractivity contribution in [3.05, 3.63) is 54.2 Å². The van der Waals surface area contributed by atoms with Gasteiger partial charge in [0.2, 0.25) is 0 Å². The maximum absolute atomic E-state index is 5.50. The van der Waals surface area contributed by atoms with Crippen LogP contribution in [0.1, 0.15) is 12.5 Å². The third-order valence-electron chi connectivity index (χ3n) is 3.96. The fourth-order valence-corrected chi connectivity index (χ4v) is 3.76. The third kappa shape index (κ3) is 1.99. The normalized spacial score (nSPS) is 11.4. The Morgan fingerprint density at radius 1 is 1.14 bits per heavy atom. The van der Waals surface area contributed by atoms with Crippen LogP contribution in [-0.2, 0) is 6.42 Å². The standard InChI is InChI=1S/C18H16N2OS/c1-3-12-7-9-13(10-8-12)14-11-20-17-15(21-2)5-4-6-16(17)22-18(20)19-14/h4-11H,3H2,1-2H3. The van der Waals surface area contributed by atoms with Crippen molar-refractivity contribution in [2.75, 3.05) is 7.11 Å². The zero-order valence-electron chi connectivity index (χ0n) is 12.5. The second-order valence-corrected chi connectivity index (χ2v) is 6.25. The van der Waals surface area contributed by atoms with E-state index in [4.69, 9.17) is 9.72 Å². The average Bonchev–Trinajstić information content (AvgIpc) is 3.12. The van der Waals surface area contributed by atoms with Gasteiger partial charge in [0.25, 0.3) is 0 Å². The molecule has 0 saturated carbocycles. The molecule has 0 aliphatic rings. The lowest BCUT2D eigenvalue weighted by atomic mass is 10.1. The molecule has 4 rings (SSSR count). The summed E-state index contributed by atoms with van der Waals surface area (Å²) in [6, 6.07) is 14.7. The number of thiazole rings is 1. The molecule has 0 aliphatic carbocycles. The van der Waals surface area contributed by atoms with Crippen LogP contribution in [0.4, 0.5) is 0 Å². The number of aromatic nitrogens is 2. The van der Waals surface area contributed by atoms with Crippen LogP contribution in [-0.4, -0.2) is 16.5 Å². The first-order chi connectivity index (χ1) is 10.8. The van der Waals surface area contributed by atoms with Gasteiger partial charge in [-0.3, -0.25) is 4.40 Å². The quantitative estimate of drug-likeness (QED) is 0.544. The number of hydrogen-bond acceptors (Lipinski definition) is 3. The van der Waals surface area contributed by atoms with Crippen molar-refractivity contribution in [1.29, 1.82) is 0 Å². The summed E-state index contributed by atoms with van der Waals surface area (Å²) in [7, 11) is 1.71. The SMILES string of the molecule is CCc1ccc(-c2cn3c(n2)sc2cccc(OC)c23)cc1. The summed E-state index contributed by atoms with van der Waals surface area (Å²) >= 11 is 1.69. The van der Waals surface area contributed by atoms with Gasteiger partial charge in [-0.05, 0) is 24.1 Å². The Hall–Kier alpha value is -2.33.